The Morgan fingerprint density at radius 2 is 1.81 bits per heavy atom. The average molecular weight is 599 g/mol. The fourth-order valence-corrected chi connectivity index (χ4v) is 6.01. The van der Waals surface area contributed by atoms with Crippen LogP contribution in [0.1, 0.15) is 61.1 Å². The van der Waals surface area contributed by atoms with Crippen LogP contribution in [-0.4, -0.2) is 91.0 Å². The van der Waals surface area contributed by atoms with E-state index < -0.39 is 16.1 Å². The number of carbonyl (C=O) groups excluding carboxylic acids is 3. The molecule has 4 aliphatic rings. The van der Waals surface area contributed by atoms with E-state index in [1.54, 1.807) is 48.0 Å². The second-order valence-electron chi connectivity index (χ2n) is 11.5. The highest BCUT2D eigenvalue weighted by atomic mass is 32.2. The van der Waals surface area contributed by atoms with Gasteiger partial charge in [-0.05, 0) is 76.1 Å². The zero-order chi connectivity index (χ0) is 30.0. The summed E-state index contributed by atoms with van der Waals surface area (Å²) >= 11 is 0. The molecule has 2 atom stereocenters. The fourth-order valence-electron chi connectivity index (χ4n) is 5.45. The Morgan fingerprint density at radius 3 is 2.55 bits per heavy atom. The van der Waals surface area contributed by atoms with Crippen LogP contribution in [0.3, 0.4) is 0 Å². The van der Waals surface area contributed by atoms with Crippen molar-refractivity contribution >= 4 is 33.4 Å². The molecule has 3 amide bonds. The van der Waals surface area contributed by atoms with E-state index in [1.807, 2.05) is 0 Å². The van der Waals surface area contributed by atoms with E-state index in [0.29, 0.717) is 49.4 Å². The quantitative estimate of drug-likeness (QED) is 0.544. The zero-order valence-electron chi connectivity index (χ0n) is 24.3. The van der Waals surface area contributed by atoms with Crippen LogP contribution >= 0.6 is 0 Å². The van der Waals surface area contributed by atoms with Crippen LogP contribution in [0.5, 0.6) is 5.75 Å². The van der Waals surface area contributed by atoms with Crippen LogP contribution in [0.4, 0.5) is 5.69 Å². The summed E-state index contributed by atoms with van der Waals surface area (Å²) in [6.45, 7) is 2.94. The smallest absolute Gasteiger partial charge is 0.272 e. The summed E-state index contributed by atoms with van der Waals surface area (Å²) in [6, 6.07) is 5.67. The van der Waals surface area contributed by atoms with Gasteiger partial charge in [-0.25, -0.2) is 18.4 Å². The molecule has 0 spiro atoms. The normalized spacial score (nSPS) is 22.1. The van der Waals surface area contributed by atoms with E-state index >= 15 is 0 Å². The minimum absolute atomic E-state index is 0.0267. The summed E-state index contributed by atoms with van der Waals surface area (Å²) in [5, 5.41) is 2.99. The van der Waals surface area contributed by atoms with E-state index in [4.69, 9.17) is 4.74 Å². The Hall–Kier alpha value is -3.74. The highest BCUT2D eigenvalue weighted by Crippen LogP contribution is 2.32. The Bertz CT molecular complexity index is 1480. The number of anilines is 1. The van der Waals surface area contributed by atoms with Crippen LogP contribution in [-0.2, 0) is 19.6 Å². The first-order valence-electron chi connectivity index (χ1n) is 14.5. The molecule has 0 unspecified atom stereocenters. The van der Waals surface area contributed by atoms with Gasteiger partial charge < -0.3 is 19.9 Å². The standard InChI is InChI=1S/C29H38N6O6S/c1-18-15-24-28(37)34(2)13-5-4-8-22(32-27(36)19-9-10-19)29(38)35-14-6-7-21(35)17-41-25-12-11-20(26(30-18)31-24)16-23(25)33-42(3,39)40/h11-12,15-16,19,21-22,33H,4-10,13-14,17H2,1-3H3,(H,32,36)/t21-,22-/m0/s1. The molecule has 1 saturated heterocycles. The number of nitrogens with zero attached hydrogens (tertiary/aromatic N) is 4. The molecule has 226 valence electrons. The summed E-state index contributed by atoms with van der Waals surface area (Å²) in [5.41, 5.74) is 1.53. The Kier molecular flexibility index (Phi) is 8.67. The molecule has 6 rings (SSSR count). The highest BCUT2D eigenvalue weighted by Gasteiger charge is 2.37. The van der Waals surface area contributed by atoms with Crippen LogP contribution < -0.4 is 14.8 Å². The number of nitrogens with one attached hydrogen (secondary N) is 2. The van der Waals surface area contributed by atoms with E-state index in [0.717, 1.165) is 31.9 Å². The van der Waals surface area contributed by atoms with Crippen LogP contribution in [0.25, 0.3) is 11.4 Å². The monoisotopic (exact) mass is 598 g/mol. The minimum atomic E-state index is -3.66. The Morgan fingerprint density at radius 1 is 1.02 bits per heavy atom. The van der Waals surface area contributed by atoms with Crippen molar-refractivity contribution in [1.29, 1.82) is 0 Å². The number of hydrogen-bond donors (Lipinski definition) is 2. The summed E-state index contributed by atoms with van der Waals surface area (Å²) in [4.78, 5) is 52.1. The van der Waals surface area contributed by atoms with Gasteiger partial charge in [-0.15, -0.1) is 0 Å². The predicted molar refractivity (Wildman–Crippen MR) is 156 cm³/mol. The number of rotatable bonds is 4. The van der Waals surface area contributed by atoms with E-state index in [2.05, 4.69) is 20.0 Å². The Balaban J connectivity index is 1.50. The maximum atomic E-state index is 13.8. The van der Waals surface area contributed by atoms with Crippen LogP contribution in [0.2, 0.25) is 0 Å². The van der Waals surface area contributed by atoms with Crippen molar-refractivity contribution < 1.29 is 27.5 Å². The number of carbonyl (C=O) groups is 3. The lowest BCUT2D eigenvalue weighted by Crippen LogP contribution is -2.51. The lowest BCUT2D eigenvalue weighted by Gasteiger charge is -2.30. The van der Waals surface area contributed by atoms with Crippen LogP contribution in [0.15, 0.2) is 24.3 Å². The first kappa shape index (κ1) is 29.7. The number of aromatic nitrogens is 2. The molecule has 13 heteroatoms. The molecule has 2 aromatic rings. The lowest BCUT2D eigenvalue weighted by atomic mass is 10.1. The second-order valence-corrected chi connectivity index (χ2v) is 13.2. The van der Waals surface area contributed by atoms with Crippen molar-refractivity contribution in [2.24, 2.45) is 5.92 Å². The first-order valence-corrected chi connectivity index (χ1v) is 16.3. The average Bonchev–Trinajstić information content (AvgIpc) is 3.69. The summed E-state index contributed by atoms with van der Waals surface area (Å²) in [5.74, 6) is 0.0599. The van der Waals surface area contributed by atoms with Crippen molar-refractivity contribution in [3.63, 3.8) is 0 Å². The van der Waals surface area contributed by atoms with Gasteiger partial charge in [0.1, 0.15) is 24.1 Å². The Labute approximate surface area is 246 Å². The van der Waals surface area contributed by atoms with E-state index in [-0.39, 0.29) is 53.5 Å². The molecule has 42 heavy (non-hydrogen) atoms. The minimum Gasteiger partial charge on any atom is -0.489 e. The SMILES string of the molecule is Cc1cc2nc(n1)-c1ccc(c(NS(C)(=O)=O)c1)OC[C@@H]1CCCN1C(=O)[C@@H](NC(=O)C1CC1)CCCCN(C)C2=O. The molecule has 2 fully saturated rings. The van der Waals surface area contributed by atoms with Gasteiger partial charge in [-0.3, -0.25) is 19.1 Å². The van der Waals surface area contributed by atoms with Crippen molar-refractivity contribution in [3.05, 3.63) is 35.7 Å². The number of aryl methyl sites for hydroxylation is 1. The number of sulfonamides is 1. The number of fused-ring (bicyclic) bond motifs is 10. The van der Waals surface area contributed by atoms with Gasteiger partial charge in [0, 0.05) is 37.3 Å². The molecule has 3 aliphatic heterocycles. The zero-order valence-corrected chi connectivity index (χ0v) is 25.1. The molecule has 2 N–H and O–H groups in total. The van der Waals surface area contributed by atoms with Gasteiger partial charge in [0.05, 0.1) is 18.0 Å². The third-order valence-electron chi connectivity index (χ3n) is 7.84. The summed E-state index contributed by atoms with van der Waals surface area (Å²) in [7, 11) is -1.96. The third kappa shape index (κ3) is 7.18. The summed E-state index contributed by atoms with van der Waals surface area (Å²) in [6.07, 6.45) is 6.02. The molecular formula is C29H38N6O6S. The first-order chi connectivity index (χ1) is 20.0. The molecule has 4 bridgehead atoms. The van der Waals surface area contributed by atoms with E-state index in [9.17, 15) is 22.8 Å². The molecule has 1 aromatic carbocycles. The number of ether oxygens (including phenoxy) is 1. The number of amides is 3. The van der Waals surface area contributed by atoms with Crippen molar-refractivity contribution in [2.75, 3.05) is 37.7 Å². The van der Waals surface area contributed by atoms with Gasteiger partial charge in [-0.2, -0.15) is 0 Å². The molecular weight excluding hydrogens is 560 g/mol. The largest absolute Gasteiger partial charge is 0.489 e. The van der Waals surface area contributed by atoms with E-state index in [1.165, 1.54) is 0 Å². The predicted octanol–water partition coefficient (Wildman–Crippen LogP) is 2.34. The number of benzene rings is 1. The molecule has 1 aliphatic carbocycles. The van der Waals surface area contributed by atoms with Crippen LogP contribution in [0, 0.1) is 12.8 Å². The maximum Gasteiger partial charge on any atom is 0.272 e. The lowest BCUT2D eigenvalue weighted by molar-refractivity contribution is -0.138. The van der Waals surface area contributed by atoms with Gasteiger partial charge in [-0.1, -0.05) is 0 Å². The van der Waals surface area contributed by atoms with Gasteiger partial charge in [0.2, 0.25) is 21.8 Å². The van der Waals surface area contributed by atoms with Crippen molar-refractivity contribution in [1.82, 2.24) is 25.1 Å². The maximum absolute atomic E-state index is 13.8. The molecule has 1 saturated carbocycles. The van der Waals surface area contributed by atoms with Gasteiger partial charge in [0.25, 0.3) is 5.91 Å². The van der Waals surface area contributed by atoms with Gasteiger partial charge in [0.15, 0.2) is 5.82 Å². The van der Waals surface area contributed by atoms with Crippen molar-refractivity contribution in [2.45, 2.75) is 64.0 Å². The van der Waals surface area contributed by atoms with Crippen molar-refractivity contribution in [3.8, 4) is 17.1 Å². The molecule has 4 heterocycles. The molecule has 1 aromatic heterocycles. The number of hydrogen-bond acceptors (Lipinski definition) is 8. The van der Waals surface area contributed by atoms with Gasteiger partial charge >= 0.3 is 0 Å². The topological polar surface area (TPSA) is 151 Å². The molecule has 0 radical (unpaired) electrons. The molecule has 12 nitrogen and oxygen atoms in total. The fraction of sp³-hybridized carbons (Fsp3) is 0.552. The third-order valence-corrected chi connectivity index (χ3v) is 8.43. The summed E-state index contributed by atoms with van der Waals surface area (Å²) < 4.78 is 33.1. The highest BCUT2D eigenvalue weighted by molar-refractivity contribution is 7.92. The second kappa shape index (κ2) is 12.2.